The molecule has 0 saturated heterocycles. The summed E-state index contributed by atoms with van der Waals surface area (Å²) >= 11 is 0. The number of benzene rings is 1. The predicted molar refractivity (Wildman–Crippen MR) is 43.7 cm³/mol. The zero-order chi connectivity index (χ0) is 9.84. The van der Waals surface area contributed by atoms with Crippen LogP contribution >= 0.6 is 0 Å². The Morgan fingerprint density at radius 2 is 2.15 bits per heavy atom. The molecule has 0 heterocycles. The molecule has 0 radical (unpaired) electrons. The van der Waals surface area contributed by atoms with Gasteiger partial charge in [0.25, 0.3) is 0 Å². The standard InChI is InChI=1S/C8H9NO4/c1-5-2-6(8(10)11)4-7(3-5)13-9-12/h2-4,9,12H,1H3,(H,10,11). The normalized spacial score (nSPS) is 9.69. The largest absolute Gasteiger partial charge is 0.478 e. The third-order valence-electron chi connectivity index (χ3n) is 1.46. The fraction of sp³-hybridized carbons (Fsp3) is 0.125. The van der Waals surface area contributed by atoms with Gasteiger partial charge in [-0.1, -0.05) is 0 Å². The second-order valence-corrected chi connectivity index (χ2v) is 2.53. The maximum Gasteiger partial charge on any atom is 0.335 e. The van der Waals surface area contributed by atoms with E-state index in [1.165, 1.54) is 17.8 Å². The van der Waals surface area contributed by atoms with Gasteiger partial charge in [-0.15, -0.1) is 0 Å². The SMILES string of the molecule is Cc1cc(ONO)cc(C(=O)O)c1. The molecule has 0 amide bonds. The Labute approximate surface area is 74.5 Å². The van der Waals surface area contributed by atoms with Crippen LogP contribution in [0.1, 0.15) is 15.9 Å². The molecule has 0 aliphatic carbocycles. The number of aryl methyl sites for hydroxylation is 1. The molecule has 13 heavy (non-hydrogen) atoms. The fourth-order valence-corrected chi connectivity index (χ4v) is 0.983. The zero-order valence-corrected chi connectivity index (χ0v) is 6.94. The van der Waals surface area contributed by atoms with Crippen molar-refractivity contribution in [3.63, 3.8) is 0 Å². The Morgan fingerprint density at radius 3 is 2.69 bits per heavy atom. The van der Waals surface area contributed by atoms with Crippen LogP contribution in [0.25, 0.3) is 0 Å². The highest BCUT2D eigenvalue weighted by molar-refractivity contribution is 5.88. The van der Waals surface area contributed by atoms with Crippen LogP contribution in [0.2, 0.25) is 0 Å². The molecule has 0 aliphatic rings. The smallest absolute Gasteiger partial charge is 0.335 e. The van der Waals surface area contributed by atoms with Gasteiger partial charge < -0.3 is 9.94 Å². The number of carboxylic acids is 1. The lowest BCUT2D eigenvalue weighted by molar-refractivity contribution is -0.0436. The van der Waals surface area contributed by atoms with Crippen molar-refractivity contribution in [2.45, 2.75) is 6.92 Å². The Kier molecular flexibility index (Phi) is 2.84. The van der Waals surface area contributed by atoms with Crippen molar-refractivity contribution >= 4 is 5.97 Å². The molecule has 70 valence electrons. The molecule has 0 bridgehead atoms. The summed E-state index contributed by atoms with van der Waals surface area (Å²) in [7, 11) is 0. The Bertz CT molecular complexity index is 324. The van der Waals surface area contributed by atoms with Crippen LogP contribution in [-0.4, -0.2) is 16.3 Å². The maximum absolute atomic E-state index is 10.6. The third-order valence-corrected chi connectivity index (χ3v) is 1.46. The summed E-state index contributed by atoms with van der Waals surface area (Å²) in [5.74, 6) is -0.786. The molecule has 1 rings (SSSR count). The molecular formula is C8H9NO4. The van der Waals surface area contributed by atoms with Crippen LogP contribution in [0.3, 0.4) is 0 Å². The Balaban J connectivity index is 3.03. The van der Waals surface area contributed by atoms with Crippen LogP contribution in [-0.2, 0) is 0 Å². The number of aromatic carboxylic acids is 1. The van der Waals surface area contributed by atoms with Crippen molar-refractivity contribution < 1.29 is 19.9 Å². The summed E-state index contributed by atoms with van der Waals surface area (Å²) < 4.78 is 0. The van der Waals surface area contributed by atoms with Gasteiger partial charge in [-0.25, -0.2) is 4.79 Å². The van der Waals surface area contributed by atoms with E-state index in [2.05, 4.69) is 4.84 Å². The summed E-state index contributed by atoms with van der Waals surface area (Å²) in [5.41, 5.74) is 2.34. The molecule has 1 aromatic carbocycles. The Morgan fingerprint density at radius 1 is 1.46 bits per heavy atom. The van der Waals surface area contributed by atoms with Gasteiger partial charge in [0.1, 0.15) is 0 Å². The molecule has 0 saturated carbocycles. The van der Waals surface area contributed by atoms with E-state index >= 15 is 0 Å². The highest BCUT2D eigenvalue weighted by atomic mass is 16.8. The Hall–Kier alpha value is -1.59. The van der Waals surface area contributed by atoms with Crippen molar-refractivity contribution in [1.82, 2.24) is 5.64 Å². The molecular weight excluding hydrogens is 174 g/mol. The fourth-order valence-electron chi connectivity index (χ4n) is 0.983. The predicted octanol–water partition coefficient (Wildman–Crippen LogP) is 0.966. The lowest BCUT2D eigenvalue weighted by Gasteiger charge is -2.03. The second kappa shape index (κ2) is 3.88. The first-order valence-electron chi connectivity index (χ1n) is 3.54. The zero-order valence-electron chi connectivity index (χ0n) is 6.94. The summed E-state index contributed by atoms with van der Waals surface area (Å²) in [5, 5.41) is 16.9. The van der Waals surface area contributed by atoms with Gasteiger partial charge >= 0.3 is 5.97 Å². The van der Waals surface area contributed by atoms with E-state index in [1.54, 1.807) is 13.0 Å². The van der Waals surface area contributed by atoms with Crippen LogP contribution in [0.15, 0.2) is 18.2 Å². The molecule has 3 N–H and O–H groups in total. The molecule has 0 fully saturated rings. The maximum atomic E-state index is 10.6. The van der Waals surface area contributed by atoms with Crippen LogP contribution in [0.5, 0.6) is 5.75 Å². The van der Waals surface area contributed by atoms with Crippen molar-refractivity contribution in [2.75, 3.05) is 0 Å². The summed E-state index contributed by atoms with van der Waals surface area (Å²) in [4.78, 5) is 15.1. The van der Waals surface area contributed by atoms with Crippen molar-refractivity contribution in [2.24, 2.45) is 0 Å². The van der Waals surface area contributed by atoms with E-state index in [0.717, 1.165) is 5.56 Å². The van der Waals surface area contributed by atoms with Crippen LogP contribution < -0.4 is 10.5 Å². The number of hydrogen-bond acceptors (Lipinski definition) is 4. The highest BCUT2D eigenvalue weighted by Crippen LogP contribution is 2.15. The number of carboxylic acid groups (broad SMARTS) is 1. The lowest BCUT2D eigenvalue weighted by atomic mass is 10.1. The number of nitrogens with one attached hydrogen (secondary N) is 1. The molecule has 0 aliphatic heterocycles. The molecule has 0 atom stereocenters. The number of carbonyl (C=O) groups is 1. The van der Waals surface area contributed by atoms with E-state index in [4.69, 9.17) is 10.3 Å². The number of rotatable bonds is 3. The molecule has 0 aromatic heterocycles. The van der Waals surface area contributed by atoms with Crippen molar-refractivity contribution in [3.8, 4) is 5.75 Å². The van der Waals surface area contributed by atoms with Gasteiger partial charge in [-0.2, -0.15) is 0 Å². The minimum absolute atomic E-state index is 0.116. The van der Waals surface area contributed by atoms with E-state index in [1.807, 2.05) is 0 Å². The van der Waals surface area contributed by atoms with Gasteiger partial charge in [0.2, 0.25) is 0 Å². The first-order chi connectivity index (χ1) is 6.13. The van der Waals surface area contributed by atoms with E-state index < -0.39 is 5.97 Å². The minimum Gasteiger partial charge on any atom is -0.478 e. The first kappa shape index (κ1) is 9.50. The molecule has 0 unspecified atom stereocenters. The average Bonchev–Trinajstić information content (AvgIpc) is 2.03. The molecule has 5 heteroatoms. The van der Waals surface area contributed by atoms with E-state index in [-0.39, 0.29) is 11.3 Å². The van der Waals surface area contributed by atoms with Gasteiger partial charge in [0, 0.05) is 0 Å². The van der Waals surface area contributed by atoms with Gasteiger partial charge in [0.05, 0.1) is 5.56 Å². The van der Waals surface area contributed by atoms with Gasteiger partial charge in [0.15, 0.2) is 5.75 Å². The second-order valence-electron chi connectivity index (χ2n) is 2.53. The molecule has 5 nitrogen and oxygen atoms in total. The summed E-state index contributed by atoms with van der Waals surface area (Å²) in [6.07, 6.45) is 0. The topological polar surface area (TPSA) is 78.8 Å². The lowest BCUT2D eigenvalue weighted by Crippen LogP contribution is -2.12. The quantitative estimate of drug-likeness (QED) is 0.608. The van der Waals surface area contributed by atoms with Crippen molar-refractivity contribution in [3.05, 3.63) is 29.3 Å². The van der Waals surface area contributed by atoms with Crippen LogP contribution in [0, 0.1) is 6.92 Å². The molecule has 0 spiro atoms. The number of hydrogen-bond donors (Lipinski definition) is 3. The summed E-state index contributed by atoms with van der Waals surface area (Å²) in [6, 6.07) is 4.40. The van der Waals surface area contributed by atoms with Crippen molar-refractivity contribution in [1.29, 1.82) is 0 Å². The van der Waals surface area contributed by atoms with Gasteiger partial charge in [-0.3, -0.25) is 5.21 Å². The average molecular weight is 183 g/mol. The van der Waals surface area contributed by atoms with Crippen LogP contribution in [0.4, 0.5) is 0 Å². The monoisotopic (exact) mass is 183 g/mol. The summed E-state index contributed by atoms with van der Waals surface area (Å²) in [6.45, 7) is 1.73. The highest BCUT2D eigenvalue weighted by Gasteiger charge is 2.05. The van der Waals surface area contributed by atoms with E-state index in [9.17, 15) is 4.79 Å². The first-order valence-corrected chi connectivity index (χ1v) is 3.54. The molecule has 1 aromatic rings. The van der Waals surface area contributed by atoms with E-state index in [0.29, 0.717) is 0 Å². The minimum atomic E-state index is -1.04. The third kappa shape index (κ3) is 2.43. The van der Waals surface area contributed by atoms with Gasteiger partial charge in [-0.05, 0) is 36.3 Å².